The van der Waals surface area contributed by atoms with Crippen LogP contribution in [0, 0.1) is 32.6 Å². The first-order chi connectivity index (χ1) is 15.2. The molecule has 1 aromatic rings. The van der Waals surface area contributed by atoms with Gasteiger partial charge in [-0.15, -0.1) is 0 Å². The smallest absolute Gasteiger partial charge is 0.268 e. The molecule has 3 unspecified atom stereocenters. The Morgan fingerprint density at radius 1 is 1.09 bits per heavy atom. The van der Waals surface area contributed by atoms with Gasteiger partial charge in [-0.25, -0.2) is 0 Å². The molecule has 0 amide bonds. The van der Waals surface area contributed by atoms with Gasteiger partial charge in [-0.05, 0) is 88.5 Å². The van der Waals surface area contributed by atoms with Crippen LogP contribution in [0.1, 0.15) is 89.0 Å². The molecule has 1 aromatic carbocycles. The van der Waals surface area contributed by atoms with E-state index in [4.69, 9.17) is 14.0 Å². The molecule has 3 atom stereocenters. The Kier molecular flexibility index (Phi) is 9.46. The Morgan fingerprint density at radius 3 is 2.36 bits per heavy atom. The largest absolute Gasteiger partial charge is 0.489 e. The second-order valence-corrected chi connectivity index (χ2v) is 12.2. The van der Waals surface area contributed by atoms with Gasteiger partial charge in [0.15, 0.2) is 0 Å². The van der Waals surface area contributed by atoms with Crippen molar-refractivity contribution < 1.29 is 22.4 Å². The molecular weight excluding hydrogens is 436 g/mol. The Labute approximate surface area is 201 Å². The van der Waals surface area contributed by atoms with E-state index in [-0.39, 0.29) is 5.60 Å². The molecule has 0 fully saturated rings. The zero-order chi connectivity index (χ0) is 25.0. The van der Waals surface area contributed by atoms with Gasteiger partial charge in [-0.3, -0.25) is 4.55 Å². The molecule has 0 aliphatic carbocycles. The molecule has 0 saturated heterocycles. The van der Waals surface area contributed by atoms with E-state index >= 15 is 0 Å². The van der Waals surface area contributed by atoms with Crippen LogP contribution >= 0.6 is 0 Å². The standard InChI is InChI=1S/C27H44O5S/c1-18(2)11-9-12-19(3)13-10-15-27(8)16-14-24-23(7)25(21(5)22(6)26(24)32-27)31-20(4)17-33(28,29)30/h10,15,18-20H,9,11-14,16-17H2,1-8H3,(H,28,29,30). The Morgan fingerprint density at radius 2 is 1.76 bits per heavy atom. The minimum absolute atomic E-state index is 0.338. The Balaban J connectivity index is 2.13. The lowest BCUT2D eigenvalue weighted by Gasteiger charge is -2.36. The van der Waals surface area contributed by atoms with Crippen LogP contribution in [0.3, 0.4) is 0 Å². The van der Waals surface area contributed by atoms with Gasteiger partial charge >= 0.3 is 0 Å². The molecule has 0 bridgehead atoms. The van der Waals surface area contributed by atoms with Crippen LogP contribution in [0.4, 0.5) is 0 Å². The minimum atomic E-state index is -4.09. The van der Waals surface area contributed by atoms with E-state index in [9.17, 15) is 8.42 Å². The number of allylic oxidation sites excluding steroid dienone is 1. The summed E-state index contributed by atoms with van der Waals surface area (Å²) in [4.78, 5) is 0. The van der Waals surface area contributed by atoms with E-state index in [1.807, 2.05) is 20.8 Å². The highest BCUT2D eigenvalue weighted by molar-refractivity contribution is 7.85. The van der Waals surface area contributed by atoms with Gasteiger partial charge in [0.1, 0.15) is 29.0 Å². The van der Waals surface area contributed by atoms with E-state index < -0.39 is 22.0 Å². The molecule has 1 aliphatic rings. The van der Waals surface area contributed by atoms with Crippen molar-refractivity contribution >= 4 is 10.1 Å². The summed E-state index contributed by atoms with van der Waals surface area (Å²) in [6.45, 7) is 16.7. The van der Waals surface area contributed by atoms with Gasteiger partial charge in [0, 0.05) is 5.56 Å². The molecule has 188 valence electrons. The predicted octanol–water partition coefficient (Wildman–Crippen LogP) is 6.76. The van der Waals surface area contributed by atoms with E-state index in [1.54, 1.807) is 6.92 Å². The van der Waals surface area contributed by atoms with Crippen LogP contribution < -0.4 is 9.47 Å². The lowest BCUT2D eigenvalue weighted by molar-refractivity contribution is 0.112. The molecule has 5 nitrogen and oxygen atoms in total. The summed E-state index contributed by atoms with van der Waals surface area (Å²) < 4.78 is 44.2. The fraction of sp³-hybridized carbons (Fsp3) is 0.704. The maximum Gasteiger partial charge on any atom is 0.268 e. The van der Waals surface area contributed by atoms with E-state index in [2.05, 4.69) is 39.8 Å². The van der Waals surface area contributed by atoms with Gasteiger partial charge in [-0.2, -0.15) is 8.42 Å². The number of rotatable bonds is 11. The van der Waals surface area contributed by atoms with Gasteiger partial charge in [0.2, 0.25) is 0 Å². The molecule has 0 aromatic heterocycles. The summed E-state index contributed by atoms with van der Waals surface area (Å²) >= 11 is 0. The first kappa shape index (κ1) is 27.7. The topological polar surface area (TPSA) is 72.8 Å². The van der Waals surface area contributed by atoms with Crippen molar-refractivity contribution in [1.29, 1.82) is 0 Å². The third-order valence-corrected chi connectivity index (χ3v) is 7.66. The van der Waals surface area contributed by atoms with E-state index in [0.29, 0.717) is 11.7 Å². The highest BCUT2D eigenvalue weighted by atomic mass is 32.2. The average molecular weight is 481 g/mol. The zero-order valence-corrected chi connectivity index (χ0v) is 22.6. The molecule has 1 heterocycles. The fourth-order valence-electron chi connectivity index (χ4n) is 4.62. The number of ether oxygens (including phenoxy) is 2. The van der Waals surface area contributed by atoms with Crippen molar-refractivity contribution in [3.8, 4) is 11.5 Å². The van der Waals surface area contributed by atoms with Crippen molar-refractivity contribution in [1.82, 2.24) is 0 Å². The van der Waals surface area contributed by atoms with Gasteiger partial charge in [0.25, 0.3) is 10.1 Å². The number of hydrogen-bond donors (Lipinski definition) is 1. The normalized spacial score (nSPS) is 20.5. The first-order valence-corrected chi connectivity index (χ1v) is 13.9. The molecule has 1 N–H and O–H groups in total. The van der Waals surface area contributed by atoms with Gasteiger partial charge in [0.05, 0.1) is 0 Å². The quantitative estimate of drug-likeness (QED) is 0.280. The van der Waals surface area contributed by atoms with E-state index in [1.165, 1.54) is 19.3 Å². The number of fused-ring (bicyclic) bond motifs is 1. The third-order valence-electron chi connectivity index (χ3n) is 6.77. The fourth-order valence-corrected chi connectivity index (χ4v) is 5.28. The lowest BCUT2D eigenvalue weighted by atomic mass is 9.86. The number of benzene rings is 1. The average Bonchev–Trinajstić information content (AvgIpc) is 2.68. The van der Waals surface area contributed by atoms with Crippen LogP contribution in [0.2, 0.25) is 0 Å². The maximum atomic E-state index is 11.2. The van der Waals surface area contributed by atoms with Crippen molar-refractivity contribution in [2.75, 3.05) is 5.75 Å². The second-order valence-electron chi connectivity index (χ2n) is 10.7. The monoisotopic (exact) mass is 480 g/mol. The molecule has 1 aliphatic heterocycles. The van der Waals surface area contributed by atoms with Crippen LogP contribution in [-0.4, -0.2) is 30.4 Å². The molecular formula is C27H44O5S. The van der Waals surface area contributed by atoms with Crippen LogP contribution in [-0.2, 0) is 16.5 Å². The summed E-state index contributed by atoms with van der Waals surface area (Å²) in [6.07, 6.45) is 10.5. The second kappa shape index (κ2) is 11.3. The molecule has 0 radical (unpaired) electrons. The summed E-state index contributed by atoms with van der Waals surface area (Å²) in [6, 6.07) is 0. The van der Waals surface area contributed by atoms with Gasteiger partial charge < -0.3 is 9.47 Å². The molecule has 0 spiro atoms. The van der Waals surface area contributed by atoms with Crippen molar-refractivity contribution in [3.05, 3.63) is 34.4 Å². The van der Waals surface area contributed by atoms with Crippen LogP contribution in [0.25, 0.3) is 0 Å². The minimum Gasteiger partial charge on any atom is -0.489 e. The van der Waals surface area contributed by atoms with Crippen LogP contribution in [0.15, 0.2) is 12.2 Å². The summed E-state index contributed by atoms with van der Waals surface area (Å²) in [5.41, 5.74) is 3.74. The first-order valence-electron chi connectivity index (χ1n) is 12.3. The SMILES string of the molecule is Cc1c(C)c2c(c(C)c1OC(C)CS(=O)(=O)O)CCC(C)(C=CCC(C)CCCC(C)C)O2. The van der Waals surface area contributed by atoms with E-state index in [0.717, 1.165) is 53.2 Å². The van der Waals surface area contributed by atoms with Crippen molar-refractivity contribution in [2.24, 2.45) is 11.8 Å². The molecule has 0 saturated carbocycles. The summed E-state index contributed by atoms with van der Waals surface area (Å²) in [5, 5.41) is 0. The predicted molar refractivity (Wildman–Crippen MR) is 136 cm³/mol. The molecule has 2 rings (SSSR count). The summed E-state index contributed by atoms with van der Waals surface area (Å²) in [5.74, 6) is 2.63. The van der Waals surface area contributed by atoms with Crippen molar-refractivity contribution in [2.45, 2.75) is 106 Å². The maximum absolute atomic E-state index is 11.2. The highest BCUT2D eigenvalue weighted by Gasteiger charge is 2.33. The highest BCUT2D eigenvalue weighted by Crippen LogP contribution is 2.44. The lowest BCUT2D eigenvalue weighted by Crippen LogP contribution is -2.35. The third kappa shape index (κ3) is 8.03. The summed E-state index contributed by atoms with van der Waals surface area (Å²) in [7, 11) is -4.09. The van der Waals surface area contributed by atoms with Gasteiger partial charge in [-0.1, -0.05) is 46.1 Å². The van der Waals surface area contributed by atoms with Crippen LogP contribution in [0.5, 0.6) is 11.5 Å². The number of hydrogen-bond acceptors (Lipinski definition) is 4. The molecule has 33 heavy (non-hydrogen) atoms. The molecule has 6 heteroatoms. The Hall–Kier alpha value is -1.53. The zero-order valence-electron chi connectivity index (χ0n) is 21.8. The Bertz CT molecular complexity index is 948. The van der Waals surface area contributed by atoms with Crippen molar-refractivity contribution in [3.63, 3.8) is 0 Å².